The summed E-state index contributed by atoms with van der Waals surface area (Å²) in [5.74, 6) is 0. The van der Waals surface area contributed by atoms with Gasteiger partial charge in [0.1, 0.15) is 0 Å². The van der Waals surface area contributed by atoms with E-state index in [2.05, 4.69) is 84.9 Å². The Morgan fingerprint density at radius 3 is 1.36 bits per heavy atom. The van der Waals surface area contributed by atoms with Gasteiger partial charge in [-0.2, -0.15) is 0 Å². The molecule has 0 nitrogen and oxygen atoms in total. The van der Waals surface area contributed by atoms with Crippen LogP contribution in [0.25, 0.3) is 61.9 Å². The van der Waals surface area contributed by atoms with Gasteiger partial charge in [-0.25, -0.2) is 0 Å². The molecule has 7 aromatic rings. The second-order valence-electron chi connectivity index (χ2n) is 7.38. The summed E-state index contributed by atoms with van der Waals surface area (Å²) in [5, 5.41) is 10.9. The molecule has 0 fully saturated rings. The zero-order valence-electron chi connectivity index (χ0n) is 14.9. The molecule has 2 heterocycles. The van der Waals surface area contributed by atoms with Crippen LogP contribution >= 0.6 is 22.7 Å². The van der Waals surface area contributed by atoms with Gasteiger partial charge >= 0.3 is 0 Å². The molecule has 2 aromatic heterocycles. The fourth-order valence-electron chi connectivity index (χ4n) is 4.50. The zero-order valence-corrected chi connectivity index (χ0v) is 16.5. The first-order valence-corrected chi connectivity index (χ1v) is 11.1. The summed E-state index contributed by atoms with van der Waals surface area (Å²) in [6.07, 6.45) is 0. The minimum absolute atomic E-state index is 1.32. The lowest BCUT2D eigenvalue weighted by molar-refractivity contribution is 1.82. The minimum atomic E-state index is 1.32. The number of hydrogen-bond donors (Lipinski definition) is 0. The van der Waals surface area contributed by atoms with E-state index in [4.69, 9.17) is 0 Å². The van der Waals surface area contributed by atoms with Crippen molar-refractivity contribution >= 4 is 84.6 Å². The summed E-state index contributed by atoms with van der Waals surface area (Å²) >= 11 is 3.85. The Labute approximate surface area is 169 Å². The van der Waals surface area contributed by atoms with Crippen LogP contribution in [0.3, 0.4) is 0 Å². The summed E-state index contributed by atoms with van der Waals surface area (Å²) in [7, 11) is 0. The van der Waals surface area contributed by atoms with Gasteiger partial charge in [-0.1, -0.05) is 72.8 Å². The predicted molar refractivity (Wildman–Crippen MR) is 127 cm³/mol. The summed E-state index contributed by atoms with van der Waals surface area (Å²) < 4.78 is 5.57. The SMILES string of the molecule is c1ccc2c(c1)ccc1c3cc4sc5c6ccccc6ccc5c4cc3sc21. The zero-order chi connectivity index (χ0) is 18.2. The molecule has 0 spiro atoms. The van der Waals surface area contributed by atoms with E-state index in [1.165, 1.54) is 61.9 Å². The predicted octanol–water partition coefficient (Wildman–Crippen LogP) is 8.73. The van der Waals surface area contributed by atoms with Crippen molar-refractivity contribution in [3.8, 4) is 0 Å². The largest absolute Gasteiger partial charge is 0.135 e. The molecular weight excluding hydrogens is 376 g/mol. The monoisotopic (exact) mass is 390 g/mol. The molecule has 0 aliphatic carbocycles. The van der Waals surface area contributed by atoms with Gasteiger partial charge in [0.05, 0.1) is 0 Å². The summed E-state index contributed by atoms with van der Waals surface area (Å²) in [6.45, 7) is 0. The number of fused-ring (bicyclic) bond motifs is 10. The number of rotatable bonds is 0. The molecule has 0 atom stereocenters. The molecule has 0 N–H and O–H groups in total. The van der Waals surface area contributed by atoms with Crippen LogP contribution in [-0.2, 0) is 0 Å². The molecular formula is C26H14S2. The molecule has 0 aliphatic rings. The summed E-state index contributed by atoms with van der Waals surface area (Å²) in [4.78, 5) is 0. The van der Waals surface area contributed by atoms with Crippen LogP contribution in [0.2, 0.25) is 0 Å². The highest BCUT2D eigenvalue weighted by Crippen LogP contribution is 2.44. The molecule has 0 radical (unpaired) electrons. The Bertz CT molecular complexity index is 1580. The molecule has 5 aromatic carbocycles. The highest BCUT2D eigenvalue weighted by Gasteiger charge is 2.13. The summed E-state index contributed by atoms with van der Waals surface area (Å²) in [5.41, 5.74) is 0. The molecule has 0 saturated heterocycles. The van der Waals surface area contributed by atoms with E-state index < -0.39 is 0 Å². The van der Waals surface area contributed by atoms with Gasteiger partial charge in [0.15, 0.2) is 0 Å². The molecule has 28 heavy (non-hydrogen) atoms. The number of benzene rings is 5. The van der Waals surface area contributed by atoms with Crippen LogP contribution in [0.5, 0.6) is 0 Å². The van der Waals surface area contributed by atoms with Crippen LogP contribution in [0.15, 0.2) is 84.9 Å². The molecule has 0 amide bonds. The van der Waals surface area contributed by atoms with Gasteiger partial charge in [-0.05, 0) is 33.7 Å². The van der Waals surface area contributed by atoms with Crippen molar-refractivity contribution in [1.82, 2.24) is 0 Å². The maximum atomic E-state index is 2.41. The van der Waals surface area contributed by atoms with Gasteiger partial charge in [-0.3, -0.25) is 0 Å². The highest BCUT2D eigenvalue weighted by atomic mass is 32.1. The second-order valence-corrected chi connectivity index (χ2v) is 9.48. The fourth-order valence-corrected chi connectivity index (χ4v) is 7.02. The first-order chi connectivity index (χ1) is 13.9. The average Bonchev–Trinajstić information content (AvgIpc) is 3.30. The van der Waals surface area contributed by atoms with E-state index in [1.807, 2.05) is 22.7 Å². The van der Waals surface area contributed by atoms with Crippen molar-refractivity contribution in [2.24, 2.45) is 0 Å². The van der Waals surface area contributed by atoms with Crippen molar-refractivity contribution in [3.63, 3.8) is 0 Å². The van der Waals surface area contributed by atoms with Gasteiger partial charge in [0.25, 0.3) is 0 Å². The Morgan fingerprint density at radius 1 is 0.393 bits per heavy atom. The third kappa shape index (κ3) is 1.89. The average molecular weight is 391 g/mol. The van der Waals surface area contributed by atoms with Crippen LogP contribution in [0, 0.1) is 0 Å². The minimum Gasteiger partial charge on any atom is -0.135 e. The molecule has 0 bridgehead atoms. The number of hydrogen-bond acceptors (Lipinski definition) is 2. The maximum absolute atomic E-state index is 2.41. The van der Waals surface area contributed by atoms with Crippen molar-refractivity contribution in [3.05, 3.63) is 84.9 Å². The Kier molecular flexibility index (Phi) is 2.85. The van der Waals surface area contributed by atoms with Crippen LogP contribution in [0.4, 0.5) is 0 Å². The normalized spacial score (nSPS) is 12.3. The molecule has 0 unspecified atom stereocenters. The lowest BCUT2D eigenvalue weighted by Gasteiger charge is -1.99. The topological polar surface area (TPSA) is 0 Å². The second kappa shape index (κ2) is 5.32. The third-order valence-corrected chi connectivity index (χ3v) is 8.25. The highest BCUT2D eigenvalue weighted by molar-refractivity contribution is 7.28. The lowest BCUT2D eigenvalue weighted by Crippen LogP contribution is -1.72. The summed E-state index contributed by atoms with van der Waals surface area (Å²) in [6, 6.07) is 31.4. The fraction of sp³-hybridized carbons (Fsp3) is 0. The molecule has 7 rings (SSSR count). The van der Waals surface area contributed by atoms with Gasteiger partial charge in [-0.15, -0.1) is 22.7 Å². The van der Waals surface area contributed by atoms with Crippen LogP contribution in [-0.4, -0.2) is 0 Å². The van der Waals surface area contributed by atoms with Crippen LogP contribution in [0.1, 0.15) is 0 Å². The lowest BCUT2D eigenvalue weighted by atomic mass is 10.0. The molecule has 130 valence electrons. The smallest absolute Gasteiger partial charge is 0.0433 e. The standard InChI is InChI=1S/C26H14S2/c1-3-7-17-15(5-1)9-11-19-21-13-24-22(14-23(21)27-25(17)19)20-12-10-16-6-2-4-8-18(16)26(20)28-24/h1-14H. The van der Waals surface area contributed by atoms with Crippen molar-refractivity contribution < 1.29 is 0 Å². The van der Waals surface area contributed by atoms with E-state index in [0.717, 1.165) is 0 Å². The Hall–Kier alpha value is -2.94. The van der Waals surface area contributed by atoms with E-state index in [0.29, 0.717) is 0 Å². The Morgan fingerprint density at radius 2 is 0.857 bits per heavy atom. The van der Waals surface area contributed by atoms with E-state index in [9.17, 15) is 0 Å². The molecule has 0 saturated carbocycles. The van der Waals surface area contributed by atoms with E-state index >= 15 is 0 Å². The first kappa shape index (κ1) is 15.0. The maximum Gasteiger partial charge on any atom is 0.0433 e. The van der Waals surface area contributed by atoms with E-state index in [-0.39, 0.29) is 0 Å². The van der Waals surface area contributed by atoms with Gasteiger partial charge in [0, 0.05) is 40.3 Å². The van der Waals surface area contributed by atoms with Crippen LogP contribution < -0.4 is 0 Å². The Balaban J connectivity index is 1.66. The van der Waals surface area contributed by atoms with Crippen molar-refractivity contribution in [2.75, 3.05) is 0 Å². The van der Waals surface area contributed by atoms with Crippen molar-refractivity contribution in [1.29, 1.82) is 0 Å². The van der Waals surface area contributed by atoms with Crippen molar-refractivity contribution in [2.45, 2.75) is 0 Å². The third-order valence-electron chi connectivity index (χ3n) is 5.85. The number of thiophene rings is 2. The molecule has 0 aliphatic heterocycles. The van der Waals surface area contributed by atoms with E-state index in [1.54, 1.807) is 0 Å². The quantitative estimate of drug-likeness (QED) is 0.243. The molecule has 2 heteroatoms. The first-order valence-electron chi connectivity index (χ1n) is 9.45. The van der Waals surface area contributed by atoms with Gasteiger partial charge in [0.2, 0.25) is 0 Å². The van der Waals surface area contributed by atoms with Gasteiger partial charge < -0.3 is 0 Å².